The molecule has 2 N–H and O–H groups in total. The second-order valence-electron chi connectivity index (χ2n) is 5.71. The minimum Gasteiger partial charge on any atom is -0.481 e. The van der Waals surface area contributed by atoms with Gasteiger partial charge in [0.05, 0.1) is 13.7 Å². The van der Waals surface area contributed by atoms with Crippen LogP contribution in [0.4, 0.5) is 5.95 Å². The molecule has 0 unspecified atom stereocenters. The third-order valence-corrected chi connectivity index (χ3v) is 4.44. The number of β-amino-alcohol motifs (C(OH)–C–C–N with tert-alkyl or cyclic N) is 1. The van der Waals surface area contributed by atoms with Crippen molar-refractivity contribution in [2.24, 2.45) is 0 Å². The van der Waals surface area contributed by atoms with E-state index in [2.05, 4.69) is 27.2 Å². The second kappa shape index (κ2) is 7.56. The Morgan fingerprint density at radius 1 is 1.38 bits per heavy atom. The number of nitrogens with one attached hydrogen (secondary N) is 1. The van der Waals surface area contributed by atoms with Crippen molar-refractivity contribution in [1.82, 2.24) is 14.9 Å². The molecule has 0 bridgehead atoms. The highest BCUT2D eigenvalue weighted by atomic mass is 16.5. The number of likely N-dealkylation sites (N-methyl/N-ethyl adjacent to an activating group) is 1. The summed E-state index contributed by atoms with van der Waals surface area (Å²) >= 11 is 0. The summed E-state index contributed by atoms with van der Waals surface area (Å²) < 4.78 is 5.12. The lowest BCUT2D eigenvalue weighted by atomic mass is 9.80. The number of aliphatic hydroxyl groups is 1. The van der Waals surface area contributed by atoms with Crippen LogP contribution in [0.5, 0.6) is 5.88 Å². The lowest BCUT2D eigenvalue weighted by molar-refractivity contribution is 0.0689. The average Bonchev–Trinajstić information content (AvgIpc) is 2.54. The first-order valence-electron chi connectivity index (χ1n) is 7.63. The third-order valence-electron chi connectivity index (χ3n) is 4.44. The minimum atomic E-state index is 0.0768. The van der Waals surface area contributed by atoms with Crippen LogP contribution < -0.4 is 10.1 Å². The maximum absolute atomic E-state index is 9.23. The van der Waals surface area contributed by atoms with E-state index >= 15 is 0 Å². The number of ether oxygens (including phenoxy) is 1. The molecule has 2 rings (SSSR count). The van der Waals surface area contributed by atoms with Crippen molar-refractivity contribution in [2.75, 3.05) is 39.2 Å². The van der Waals surface area contributed by atoms with Gasteiger partial charge in [0.25, 0.3) is 0 Å². The average molecular weight is 294 g/mol. The van der Waals surface area contributed by atoms with Crippen molar-refractivity contribution in [3.8, 4) is 5.88 Å². The summed E-state index contributed by atoms with van der Waals surface area (Å²) in [7, 11) is 3.69. The molecule has 0 saturated heterocycles. The van der Waals surface area contributed by atoms with E-state index in [-0.39, 0.29) is 12.1 Å². The molecule has 0 aromatic carbocycles. The fourth-order valence-electron chi connectivity index (χ4n) is 3.08. The van der Waals surface area contributed by atoms with E-state index in [1.165, 1.54) is 19.3 Å². The number of aromatic nitrogens is 2. The molecular weight excluding hydrogens is 268 g/mol. The smallest absolute Gasteiger partial charge is 0.226 e. The molecule has 0 aliphatic heterocycles. The largest absolute Gasteiger partial charge is 0.481 e. The highest BCUT2D eigenvalue weighted by Crippen LogP contribution is 2.33. The van der Waals surface area contributed by atoms with Crippen LogP contribution in [0.3, 0.4) is 0 Å². The van der Waals surface area contributed by atoms with Gasteiger partial charge in [-0.05, 0) is 19.9 Å². The molecule has 0 spiro atoms. The number of aliphatic hydroxyl groups excluding tert-OH is 1. The number of hydrogen-bond donors (Lipinski definition) is 2. The van der Waals surface area contributed by atoms with E-state index in [9.17, 15) is 5.11 Å². The van der Waals surface area contributed by atoms with Crippen LogP contribution in [-0.4, -0.2) is 59.4 Å². The van der Waals surface area contributed by atoms with E-state index in [4.69, 9.17) is 4.74 Å². The van der Waals surface area contributed by atoms with Crippen LogP contribution in [-0.2, 0) is 0 Å². The summed E-state index contributed by atoms with van der Waals surface area (Å²) in [5.41, 5.74) is 0.0768. The van der Waals surface area contributed by atoms with Gasteiger partial charge in [0.15, 0.2) is 0 Å². The Kier molecular flexibility index (Phi) is 5.76. The van der Waals surface area contributed by atoms with Crippen LogP contribution >= 0.6 is 0 Å². The maximum atomic E-state index is 9.23. The van der Waals surface area contributed by atoms with Crippen molar-refractivity contribution in [1.29, 1.82) is 0 Å². The molecule has 21 heavy (non-hydrogen) atoms. The van der Waals surface area contributed by atoms with Crippen molar-refractivity contribution >= 4 is 5.95 Å². The Hall–Kier alpha value is -1.40. The molecule has 6 nitrogen and oxygen atoms in total. The zero-order valence-corrected chi connectivity index (χ0v) is 13.0. The molecular formula is C15H26N4O2. The molecule has 1 aromatic heterocycles. The van der Waals surface area contributed by atoms with Gasteiger partial charge in [0, 0.05) is 30.9 Å². The number of methoxy groups -OCH3 is 1. The van der Waals surface area contributed by atoms with Gasteiger partial charge < -0.3 is 15.2 Å². The number of anilines is 1. The lowest BCUT2D eigenvalue weighted by Crippen LogP contribution is -2.53. The summed E-state index contributed by atoms with van der Waals surface area (Å²) in [6, 6.07) is 1.74. The van der Waals surface area contributed by atoms with E-state index in [0.717, 1.165) is 19.4 Å². The highest BCUT2D eigenvalue weighted by molar-refractivity contribution is 5.28. The van der Waals surface area contributed by atoms with Crippen molar-refractivity contribution in [3.63, 3.8) is 0 Å². The van der Waals surface area contributed by atoms with Gasteiger partial charge in [-0.3, -0.25) is 4.90 Å². The van der Waals surface area contributed by atoms with Gasteiger partial charge in [0.1, 0.15) is 0 Å². The summed E-state index contributed by atoms with van der Waals surface area (Å²) in [4.78, 5) is 10.8. The Bertz CT molecular complexity index is 435. The Labute approximate surface area is 126 Å². The van der Waals surface area contributed by atoms with Crippen LogP contribution in [0.25, 0.3) is 0 Å². The SMILES string of the molecule is COc1ccnc(NCC2(N(C)CCO)CCCCC2)n1. The van der Waals surface area contributed by atoms with Crippen LogP contribution in [0.1, 0.15) is 32.1 Å². The summed E-state index contributed by atoms with van der Waals surface area (Å²) in [5, 5.41) is 12.6. The normalized spacial score (nSPS) is 17.7. The summed E-state index contributed by atoms with van der Waals surface area (Å²) in [6.45, 7) is 1.67. The zero-order valence-electron chi connectivity index (χ0n) is 13.0. The van der Waals surface area contributed by atoms with E-state index in [1.807, 2.05) is 0 Å². The molecule has 1 aromatic rings. The van der Waals surface area contributed by atoms with E-state index in [0.29, 0.717) is 18.4 Å². The van der Waals surface area contributed by atoms with Crippen LogP contribution in [0.2, 0.25) is 0 Å². The standard InChI is InChI=1S/C15H26N4O2/c1-19(10-11-20)15(7-4-3-5-8-15)12-17-14-16-9-6-13(18-14)21-2/h6,9,20H,3-5,7-8,10-12H2,1-2H3,(H,16,17,18). The maximum Gasteiger partial charge on any atom is 0.226 e. The van der Waals surface area contributed by atoms with Crippen LogP contribution in [0, 0.1) is 0 Å². The molecule has 118 valence electrons. The monoisotopic (exact) mass is 294 g/mol. The Morgan fingerprint density at radius 2 is 2.14 bits per heavy atom. The van der Waals surface area contributed by atoms with Gasteiger partial charge in [0.2, 0.25) is 11.8 Å². The molecule has 0 atom stereocenters. The number of nitrogens with zero attached hydrogens (tertiary/aromatic N) is 3. The predicted molar refractivity (Wildman–Crippen MR) is 82.6 cm³/mol. The Morgan fingerprint density at radius 3 is 2.81 bits per heavy atom. The molecule has 1 aliphatic rings. The number of rotatable bonds is 7. The van der Waals surface area contributed by atoms with Gasteiger partial charge in [-0.2, -0.15) is 4.98 Å². The van der Waals surface area contributed by atoms with E-state index in [1.54, 1.807) is 19.4 Å². The van der Waals surface area contributed by atoms with Gasteiger partial charge >= 0.3 is 0 Å². The first kappa shape index (κ1) is 16.0. The van der Waals surface area contributed by atoms with E-state index < -0.39 is 0 Å². The predicted octanol–water partition coefficient (Wildman–Crippen LogP) is 1.52. The van der Waals surface area contributed by atoms with Crippen molar-refractivity contribution in [2.45, 2.75) is 37.6 Å². The summed E-state index contributed by atoms with van der Waals surface area (Å²) in [6.07, 6.45) is 7.73. The quantitative estimate of drug-likeness (QED) is 0.794. The fourth-order valence-corrected chi connectivity index (χ4v) is 3.08. The van der Waals surface area contributed by atoms with Gasteiger partial charge in [-0.15, -0.1) is 0 Å². The molecule has 6 heteroatoms. The van der Waals surface area contributed by atoms with Gasteiger partial charge in [-0.1, -0.05) is 19.3 Å². The minimum absolute atomic E-state index is 0.0768. The molecule has 0 radical (unpaired) electrons. The number of hydrogen-bond acceptors (Lipinski definition) is 6. The highest BCUT2D eigenvalue weighted by Gasteiger charge is 2.35. The Balaban J connectivity index is 2.04. The zero-order chi connectivity index (χ0) is 15.1. The molecule has 1 heterocycles. The third kappa shape index (κ3) is 4.04. The van der Waals surface area contributed by atoms with Crippen molar-refractivity contribution in [3.05, 3.63) is 12.3 Å². The second-order valence-corrected chi connectivity index (χ2v) is 5.71. The molecule has 1 aliphatic carbocycles. The van der Waals surface area contributed by atoms with Gasteiger partial charge in [-0.25, -0.2) is 4.98 Å². The first-order valence-corrected chi connectivity index (χ1v) is 7.63. The van der Waals surface area contributed by atoms with Crippen molar-refractivity contribution < 1.29 is 9.84 Å². The summed E-state index contributed by atoms with van der Waals surface area (Å²) in [5.74, 6) is 1.16. The fraction of sp³-hybridized carbons (Fsp3) is 0.733. The topological polar surface area (TPSA) is 70.5 Å². The molecule has 1 saturated carbocycles. The van der Waals surface area contributed by atoms with Crippen LogP contribution in [0.15, 0.2) is 12.3 Å². The molecule has 0 amide bonds. The molecule has 1 fully saturated rings. The first-order chi connectivity index (χ1) is 10.2. The lowest BCUT2D eigenvalue weighted by Gasteiger charge is -2.44.